The monoisotopic (exact) mass is 582 g/mol. The van der Waals surface area contributed by atoms with Crippen molar-refractivity contribution in [2.45, 2.75) is 33.6 Å². The first-order valence-corrected chi connectivity index (χ1v) is 11.8. The number of methoxy groups -OCH3 is 1. The van der Waals surface area contributed by atoms with Crippen molar-refractivity contribution in [1.29, 1.82) is 0 Å². The summed E-state index contributed by atoms with van der Waals surface area (Å²) in [5.74, 6) is 0.636. The van der Waals surface area contributed by atoms with Gasteiger partial charge in [-0.05, 0) is 72.3 Å². The van der Waals surface area contributed by atoms with Gasteiger partial charge in [-0.2, -0.15) is 0 Å². The van der Waals surface area contributed by atoms with E-state index in [4.69, 9.17) is 4.74 Å². The van der Waals surface area contributed by atoms with E-state index in [0.29, 0.717) is 24.9 Å². The van der Waals surface area contributed by atoms with Gasteiger partial charge in [0.2, 0.25) is 5.91 Å². The van der Waals surface area contributed by atoms with Crippen LogP contribution in [-0.2, 0) is 11.2 Å². The number of fused-ring (bicyclic) bond motifs is 1. The SMILES string of the molecule is CCC(=O)N(CC)c1c(CC)n(C(=O)c2ccc(Br)cc2)c2cc(I)c(OC)cc12. The van der Waals surface area contributed by atoms with Gasteiger partial charge in [0.15, 0.2) is 0 Å². The van der Waals surface area contributed by atoms with Gasteiger partial charge < -0.3 is 9.64 Å². The van der Waals surface area contributed by atoms with E-state index in [0.717, 1.165) is 36.1 Å². The molecule has 0 aliphatic heterocycles. The molecule has 0 radical (unpaired) electrons. The number of nitrogens with zero attached hydrogens (tertiary/aromatic N) is 2. The molecule has 1 aromatic heterocycles. The normalized spacial score (nSPS) is 11.0. The van der Waals surface area contributed by atoms with Crippen molar-refractivity contribution in [3.63, 3.8) is 0 Å². The molecule has 0 saturated carbocycles. The number of carbonyl (C=O) groups is 2. The van der Waals surface area contributed by atoms with E-state index in [1.54, 1.807) is 28.7 Å². The summed E-state index contributed by atoms with van der Waals surface area (Å²) in [6.45, 7) is 6.35. The lowest BCUT2D eigenvalue weighted by atomic mass is 10.1. The third-order valence-electron chi connectivity index (χ3n) is 5.13. The van der Waals surface area contributed by atoms with Crippen molar-refractivity contribution in [2.24, 2.45) is 0 Å². The first-order valence-electron chi connectivity index (χ1n) is 9.89. The molecule has 30 heavy (non-hydrogen) atoms. The topological polar surface area (TPSA) is 51.5 Å². The number of ether oxygens (including phenoxy) is 1. The van der Waals surface area contributed by atoms with Crippen LogP contribution >= 0.6 is 38.5 Å². The summed E-state index contributed by atoms with van der Waals surface area (Å²) in [6, 6.07) is 11.2. The first kappa shape index (κ1) is 22.8. The van der Waals surface area contributed by atoms with Crippen molar-refractivity contribution in [1.82, 2.24) is 4.57 Å². The van der Waals surface area contributed by atoms with Crippen LogP contribution in [0.3, 0.4) is 0 Å². The molecule has 0 aliphatic rings. The van der Waals surface area contributed by atoms with Crippen molar-refractivity contribution in [3.05, 3.63) is 55.7 Å². The van der Waals surface area contributed by atoms with E-state index in [2.05, 4.69) is 38.5 Å². The van der Waals surface area contributed by atoms with Crippen molar-refractivity contribution in [3.8, 4) is 5.75 Å². The Balaban J connectivity index is 2.38. The van der Waals surface area contributed by atoms with Gasteiger partial charge in [0.05, 0.1) is 27.6 Å². The number of aromatic nitrogens is 1. The zero-order valence-electron chi connectivity index (χ0n) is 17.5. The van der Waals surface area contributed by atoms with E-state index in [1.807, 2.05) is 45.0 Å². The lowest BCUT2D eigenvalue weighted by molar-refractivity contribution is -0.118. The second kappa shape index (κ2) is 9.51. The highest BCUT2D eigenvalue weighted by Gasteiger charge is 2.27. The predicted molar refractivity (Wildman–Crippen MR) is 133 cm³/mol. The van der Waals surface area contributed by atoms with Crippen LogP contribution in [0, 0.1) is 3.57 Å². The van der Waals surface area contributed by atoms with Crippen LogP contribution in [0.1, 0.15) is 43.2 Å². The molecule has 0 fully saturated rings. The second-order valence-electron chi connectivity index (χ2n) is 6.79. The Labute approximate surface area is 198 Å². The van der Waals surface area contributed by atoms with Crippen LogP contribution in [0.4, 0.5) is 5.69 Å². The Morgan fingerprint density at radius 3 is 2.33 bits per heavy atom. The van der Waals surface area contributed by atoms with Gasteiger partial charge in [-0.1, -0.05) is 29.8 Å². The van der Waals surface area contributed by atoms with Crippen LogP contribution in [0.5, 0.6) is 5.75 Å². The highest BCUT2D eigenvalue weighted by molar-refractivity contribution is 14.1. The smallest absolute Gasteiger partial charge is 0.262 e. The third-order valence-corrected chi connectivity index (χ3v) is 6.50. The summed E-state index contributed by atoms with van der Waals surface area (Å²) in [6.07, 6.45) is 1.00. The Morgan fingerprint density at radius 2 is 1.80 bits per heavy atom. The van der Waals surface area contributed by atoms with Gasteiger partial charge in [0.1, 0.15) is 5.75 Å². The zero-order chi connectivity index (χ0) is 22.0. The molecule has 0 atom stereocenters. The molecule has 2 aromatic carbocycles. The molecule has 7 heteroatoms. The maximum atomic E-state index is 13.6. The molecule has 1 amide bonds. The molecule has 0 unspecified atom stereocenters. The molecule has 0 N–H and O–H groups in total. The summed E-state index contributed by atoms with van der Waals surface area (Å²) < 4.78 is 9.11. The van der Waals surface area contributed by atoms with Crippen molar-refractivity contribution < 1.29 is 14.3 Å². The van der Waals surface area contributed by atoms with Gasteiger partial charge in [-0.3, -0.25) is 14.2 Å². The fraction of sp³-hybridized carbons (Fsp3) is 0.304. The molecule has 0 aliphatic carbocycles. The fourth-order valence-corrected chi connectivity index (χ4v) is 4.65. The summed E-state index contributed by atoms with van der Waals surface area (Å²) in [7, 11) is 1.63. The van der Waals surface area contributed by atoms with Gasteiger partial charge in [0.25, 0.3) is 5.91 Å². The minimum Gasteiger partial charge on any atom is -0.496 e. The minimum atomic E-state index is -0.114. The molecule has 0 spiro atoms. The number of hydrogen-bond acceptors (Lipinski definition) is 3. The Morgan fingerprint density at radius 1 is 1.13 bits per heavy atom. The van der Waals surface area contributed by atoms with Crippen LogP contribution < -0.4 is 9.64 Å². The largest absolute Gasteiger partial charge is 0.496 e. The van der Waals surface area contributed by atoms with Gasteiger partial charge in [0, 0.05) is 28.4 Å². The van der Waals surface area contributed by atoms with Crippen LogP contribution in [-0.4, -0.2) is 30.0 Å². The lowest BCUT2D eigenvalue weighted by Gasteiger charge is -2.22. The number of carbonyl (C=O) groups excluding carboxylic acids is 2. The molecule has 0 saturated heterocycles. The van der Waals surface area contributed by atoms with Gasteiger partial charge in [-0.15, -0.1) is 0 Å². The van der Waals surface area contributed by atoms with E-state index < -0.39 is 0 Å². The lowest BCUT2D eigenvalue weighted by Crippen LogP contribution is -2.31. The molecular formula is C23H24BrIN2O3. The number of benzene rings is 2. The van der Waals surface area contributed by atoms with Gasteiger partial charge in [-0.25, -0.2) is 0 Å². The summed E-state index contributed by atoms with van der Waals surface area (Å²) in [5, 5.41) is 0.846. The van der Waals surface area contributed by atoms with E-state index >= 15 is 0 Å². The molecule has 1 heterocycles. The third kappa shape index (κ3) is 4.01. The van der Waals surface area contributed by atoms with E-state index in [1.165, 1.54) is 0 Å². The van der Waals surface area contributed by atoms with Crippen LogP contribution in [0.25, 0.3) is 10.9 Å². The number of amides is 1. The van der Waals surface area contributed by atoms with Crippen LogP contribution in [0.15, 0.2) is 40.9 Å². The molecule has 158 valence electrons. The second-order valence-corrected chi connectivity index (χ2v) is 8.87. The van der Waals surface area contributed by atoms with Gasteiger partial charge >= 0.3 is 0 Å². The minimum absolute atomic E-state index is 0.0276. The predicted octanol–water partition coefficient (Wildman–Crippen LogP) is 6.03. The first-order chi connectivity index (χ1) is 14.4. The number of anilines is 1. The highest BCUT2D eigenvalue weighted by atomic mass is 127. The molecule has 0 bridgehead atoms. The Kier molecular flexibility index (Phi) is 7.23. The zero-order valence-corrected chi connectivity index (χ0v) is 21.2. The average Bonchev–Trinajstić information content (AvgIpc) is 3.06. The maximum absolute atomic E-state index is 13.6. The Hall–Kier alpha value is -1.87. The standard InChI is InChI=1S/C23H24BrIN2O3/c1-5-18-22(26(7-3)21(28)6-2)16-12-20(30-4)17(25)13-19(16)27(18)23(29)14-8-10-15(24)11-9-14/h8-13H,5-7H2,1-4H3. The summed E-state index contributed by atoms with van der Waals surface area (Å²) >= 11 is 5.64. The van der Waals surface area contributed by atoms with E-state index in [9.17, 15) is 9.59 Å². The summed E-state index contributed by atoms with van der Waals surface area (Å²) in [5.41, 5.74) is 2.99. The Bertz CT molecular complexity index is 1110. The fourth-order valence-electron chi connectivity index (χ4n) is 3.71. The summed E-state index contributed by atoms with van der Waals surface area (Å²) in [4.78, 5) is 28.1. The van der Waals surface area contributed by atoms with Crippen molar-refractivity contribution in [2.75, 3.05) is 18.6 Å². The highest BCUT2D eigenvalue weighted by Crippen LogP contribution is 2.39. The number of halogens is 2. The van der Waals surface area contributed by atoms with E-state index in [-0.39, 0.29) is 11.8 Å². The number of rotatable bonds is 6. The maximum Gasteiger partial charge on any atom is 0.262 e. The molecular weight excluding hydrogens is 559 g/mol. The average molecular weight is 583 g/mol. The molecule has 3 aromatic rings. The van der Waals surface area contributed by atoms with Crippen LogP contribution in [0.2, 0.25) is 0 Å². The molecule has 5 nitrogen and oxygen atoms in total. The number of hydrogen-bond donors (Lipinski definition) is 0. The quantitative estimate of drug-likeness (QED) is 0.333. The van der Waals surface area contributed by atoms with Crippen molar-refractivity contribution >= 4 is 66.9 Å². The molecule has 3 rings (SSSR count).